The Morgan fingerprint density at radius 1 is 1.17 bits per heavy atom. The van der Waals surface area contributed by atoms with Gasteiger partial charge in [0.05, 0.1) is 0 Å². The second kappa shape index (κ2) is 2.73. The zero-order chi connectivity index (χ0) is 8.77. The molecule has 0 aromatic rings. The van der Waals surface area contributed by atoms with Gasteiger partial charge in [0.15, 0.2) is 0 Å². The predicted octanol–water partition coefficient (Wildman–Crippen LogP) is 2.42. The van der Waals surface area contributed by atoms with Crippen molar-refractivity contribution in [2.45, 2.75) is 45.6 Å². The summed E-state index contributed by atoms with van der Waals surface area (Å²) in [5, 5.41) is 3.46. The van der Waals surface area contributed by atoms with Crippen molar-refractivity contribution >= 4 is 0 Å². The fourth-order valence-electron chi connectivity index (χ4n) is 3.43. The van der Waals surface area contributed by atoms with Crippen molar-refractivity contribution in [3.05, 3.63) is 0 Å². The van der Waals surface area contributed by atoms with Gasteiger partial charge in [-0.25, -0.2) is 0 Å². The van der Waals surface area contributed by atoms with E-state index in [0.29, 0.717) is 5.41 Å². The van der Waals surface area contributed by atoms with Crippen molar-refractivity contribution in [2.75, 3.05) is 7.05 Å². The average Bonchev–Trinajstić information content (AvgIpc) is 2.50. The molecule has 0 spiro atoms. The summed E-state index contributed by atoms with van der Waals surface area (Å²) in [4.78, 5) is 0. The van der Waals surface area contributed by atoms with Crippen molar-refractivity contribution in [2.24, 2.45) is 17.3 Å². The first-order valence-corrected chi connectivity index (χ1v) is 5.35. The van der Waals surface area contributed by atoms with Gasteiger partial charge >= 0.3 is 0 Å². The van der Waals surface area contributed by atoms with Crippen LogP contribution in [0.2, 0.25) is 0 Å². The van der Waals surface area contributed by atoms with Gasteiger partial charge < -0.3 is 5.32 Å². The highest BCUT2D eigenvalue weighted by Gasteiger charge is 2.59. The molecule has 0 bridgehead atoms. The molecule has 2 atom stereocenters. The molecular formula is C11H21N. The molecule has 0 aromatic carbocycles. The zero-order valence-electron chi connectivity index (χ0n) is 8.56. The van der Waals surface area contributed by atoms with Crippen LogP contribution in [0.5, 0.6) is 0 Å². The van der Waals surface area contributed by atoms with E-state index in [4.69, 9.17) is 0 Å². The molecule has 1 heteroatoms. The van der Waals surface area contributed by atoms with Crippen LogP contribution in [0.25, 0.3) is 0 Å². The molecule has 0 amide bonds. The Morgan fingerprint density at radius 3 is 2.17 bits per heavy atom. The van der Waals surface area contributed by atoms with Gasteiger partial charge in [-0.2, -0.15) is 0 Å². The minimum atomic E-state index is 0.587. The van der Waals surface area contributed by atoms with Crippen LogP contribution < -0.4 is 5.32 Å². The Hall–Kier alpha value is -0.0400. The van der Waals surface area contributed by atoms with E-state index >= 15 is 0 Å². The van der Waals surface area contributed by atoms with Gasteiger partial charge in [0.25, 0.3) is 0 Å². The van der Waals surface area contributed by atoms with E-state index in [1.54, 1.807) is 0 Å². The van der Waals surface area contributed by atoms with Crippen molar-refractivity contribution in [1.82, 2.24) is 5.32 Å². The highest BCUT2D eigenvalue weighted by atomic mass is 15.0. The second-order valence-electron chi connectivity index (χ2n) is 5.16. The van der Waals surface area contributed by atoms with E-state index in [2.05, 4.69) is 26.2 Å². The molecule has 2 fully saturated rings. The smallest absolute Gasteiger partial charge is 0.0155 e. The fraction of sp³-hybridized carbons (Fsp3) is 1.00. The van der Waals surface area contributed by atoms with E-state index in [9.17, 15) is 0 Å². The molecule has 0 aliphatic heterocycles. The molecule has 2 rings (SSSR count). The van der Waals surface area contributed by atoms with Crippen LogP contribution in [0.4, 0.5) is 0 Å². The molecule has 0 saturated heterocycles. The van der Waals surface area contributed by atoms with E-state index in [1.807, 2.05) is 0 Å². The maximum atomic E-state index is 3.46. The van der Waals surface area contributed by atoms with Crippen LogP contribution in [0.3, 0.4) is 0 Å². The first-order valence-electron chi connectivity index (χ1n) is 5.35. The Balaban J connectivity index is 1.97. The summed E-state index contributed by atoms with van der Waals surface area (Å²) in [5.41, 5.74) is 0.587. The molecule has 2 saturated carbocycles. The Morgan fingerprint density at radius 2 is 1.75 bits per heavy atom. The zero-order valence-corrected chi connectivity index (χ0v) is 8.56. The predicted molar refractivity (Wildman–Crippen MR) is 52.1 cm³/mol. The Labute approximate surface area is 75.9 Å². The molecule has 0 radical (unpaired) electrons. The molecule has 12 heavy (non-hydrogen) atoms. The van der Waals surface area contributed by atoms with Crippen molar-refractivity contribution in [3.8, 4) is 0 Å². The van der Waals surface area contributed by atoms with Gasteiger partial charge in [-0.3, -0.25) is 0 Å². The Kier molecular flexibility index (Phi) is 1.95. The van der Waals surface area contributed by atoms with Crippen LogP contribution in [0.15, 0.2) is 0 Å². The van der Waals surface area contributed by atoms with Gasteiger partial charge in [0.2, 0.25) is 0 Å². The van der Waals surface area contributed by atoms with Gasteiger partial charge in [0.1, 0.15) is 0 Å². The average molecular weight is 167 g/mol. The number of hydrogen-bond donors (Lipinski definition) is 1. The number of hydrogen-bond acceptors (Lipinski definition) is 1. The standard InChI is InChI=1S/C11H21N/c1-11(2)9(10(11)12-3)8-6-4-5-7-8/h8-10,12H,4-7H2,1-3H3. The molecule has 1 nitrogen and oxygen atoms in total. The van der Waals surface area contributed by atoms with Gasteiger partial charge in [-0.15, -0.1) is 0 Å². The summed E-state index contributed by atoms with van der Waals surface area (Å²) in [6.45, 7) is 4.83. The third-order valence-corrected chi connectivity index (χ3v) is 4.13. The van der Waals surface area contributed by atoms with Crippen LogP contribution in [-0.2, 0) is 0 Å². The number of nitrogens with one attached hydrogen (secondary N) is 1. The molecule has 2 aliphatic carbocycles. The third kappa shape index (κ3) is 1.10. The second-order valence-corrected chi connectivity index (χ2v) is 5.16. The molecule has 0 heterocycles. The lowest BCUT2D eigenvalue weighted by Gasteiger charge is -2.09. The quantitative estimate of drug-likeness (QED) is 0.666. The highest BCUT2D eigenvalue weighted by Crippen LogP contribution is 2.59. The SMILES string of the molecule is CNC1C(C2CCCC2)C1(C)C. The normalized spacial score (nSPS) is 40.2. The van der Waals surface area contributed by atoms with Gasteiger partial charge in [-0.05, 0) is 24.3 Å². The molecular weight excluding hydrogens is 146 g/mol. The molecule has 1 N–H and O–H groups in total. The first-order chi connectivity index (χ1) is 5.68. The maximum absolute atomic E-state index is 3.46. The van der Waals surface area contributed by atoms with E-state index in [0.717, 1.165) is 17.9 Å². The summed E-state index contributed by atoms with van der Waals surface area (Å²) in [6, 6.07) is 0.806. The molecule has 2 aliphatic rings. The van der Waals surface area contributed by atoms with Crippen LogP contribution >= 0.6 is 0 Å². The lowest BCUT2D eigenvalue weighted by Crippen LogP contribution is -2.15. The summed E-state index contributed by atoms with van der Waals surface area (Å²) in [5.74, 6) is 2.02. The minimum absolute atomic E-state index is 0.587. The minimum Gasteiger partial charge on any atom is -0.316 e. The van der Waals surface area contributed by atoms with Crippen LogP contribution in [0.1, 0.15) is 39.5 Å². The van der Waals surface area contributed by atoms with Crippen molar-refractivity contribution in [1.29, 1.82) is 0 Å². The summed E-state index contributed by atoms with van der Waals surface area (Å²) in [6.07, 6.45) is 5.94. The fourth-order valence-corrected chi connectivity index (χ4v) is 3.43. The van der Waals surface area contributed by atoms with E-state index in [1.165, 1.54) is 25.7 Å². The first kappa shape index (κ1) is 8.55. The lowest BCUT2D eigenvalue weighted by molar-refractivity contribution is 0.401. The van der Waals surface area contributed by atoms with E-state index < -0.39 is 0 Å². The topological polar surface area (TPSA) is 12.0 Å². The molecule has 2 unspecified atom stereocenters. The van der Waals surface area contributed by atoms with Gasteiger partial charge in [-0.1, -0.05) is 39.5 Å². The largest absolute Gasteiger partial charge is 0.316 e. The van der Waals surface area contributed by atoms with Crippen molar-refractivity contribution < 1.29 is 0 Å². The molecule has 0 aromatic heterocycles. The van der Waals surface area contributed by atoms with Gasteiger partial charge in [0, 0.05) is 6.04 Å². The highest BCUT2D eigenvalue weighted by molar-refractivity contribution is 5.12. The summed E-state index contributed by atoms with van der Waals surface area (Å²) >= 11 is 0. The molecule has 70 valence electrons. The van der Waals surface area contributed by atoms with E-state index in [-0.39, 0.29) is 0 Å². The summed E-state index contributed by atoms with van der Waals surface area (Å²) in [7, 11) is 2.11. The van der Waals surface area contributed by atoms with Crippen molar-refractivity contribution in [3.63, 3.8) is 0 Å². The van der Waals surface area contributed by atoms with Crippen LogP contribution in [-0.4, -0.2) is 13.1 Å². The summed E-state index contributed by atoms with van der Waals surface area (Å²) < 4.78 is 0. The Bertz CT molecular complexity index is 168. The monoisotopic (exact) mass is 167 g/mol. The third-order valence-electron chi connectivity index (χ3n) is 4.13. The maximum Gasteiger partial charge on any atom is 0.0155 e. The van der Waals surface area contributed by atoms with Crippen LogP contribution in [0, 0.1) is 17.3 Å². The number of rotatable bonds is 2. The lowest BCUT2D eigenvalue weighted by atomic mass is 9.96.